The van der Waals surface area contributed by atoms with Crippen LogP contribution in [0.2, 0.25) is 0 Å². The van der Waals surface area contributed by atoms with Crippen LogP contribution in [0.4, 0.5) is 9.59 Å². The summed E-state index contributed by atoms with van der Waals surface area (Å²) in [5.74, 6) is -1.56. The molecule has 0 fully saturated rings. The molecule has 0 aromatic heterocycles. The Morgan fingerprint density at radius 2 is 1.13 bits per heavy atom. The highest BCUT2D eigenvalue weighted by Gasteiger charge is 2.36. The van der Waals surface area contributed by atoms with Crippen LogP contribution in [0.1, 0.15) is 31.8 Å². The SMILES string of the molecule is C=CCOC(=O)Oc1ccc(OC(=O)OCC=C)c2c1C(=O)c1ccccc1C2=O. The van der Waals surface area contributed by atoms with Crippen LogP contribution in [0.5, 0.6) is 11.5 Å². The van der Waals surface area contributed by atoms with E-state index in [1.807, 2.05) is 0 Å². The minimum atomic E-state index is -1.09. The van der Waals surface area contributed by atoms with Crippen molar-refractivity contribution in [3.05, 3.63) is 84.0 Å². The van der Waals surface area contributed by atoms with Gasteiger partial charge in [0.25, 0.3) is 0 Å². The average molecular weight is 408 g/mol. The predicted molar refractivity (Wildman–Crippen MR) is 104 cm³/mol. The number of carbonyl (C=O) groups excluding carboxylic acids is 4. The molecule has 0 atom stereocenters. The van der Waals surface area contributed by atoms with Crippen LogP contribution >= 0.6 is 0 Å². The highest BCUT2D eigenvalue weighted by Crippen LogP contribution is 2.39. The molecular weight excluding hydrogens is 392 g/mol. The molecule has 0 aliphatic heterocycles. The van der Waals surface area contributed by atoms with Gasteiger partial charge in [-0.3, -0.25) is 9.59 Å². The summed E-state index contributed by atoms with van der Waals surface area (Å²) < 4.78 is 19.7. The molecule has 0 heterocycles. The largest absolute Gasteiger partial charge is 0.514 e. The van der Waals surface area contributed by atoms with Gasteiger partial charge in [0.15, 0.2) is 11.6 Å². The summed E-state index contributed by atoms with van der Waals surface area (Å²) in [7, 11) is 0. The number of fused-ring (bicyclic) bond motifs is 2. The topological polar surface area (TPSA) is 105 Å². The van der Waals surface area contributed by atoms with Gasteiger partial charge in [-0.1, -0.05) is 49.6 Å². The third-order valence-corrected chi connectivity index (χ3v) is 4.02. The zero-order chi connectivity index (χ0) is 21.7. The van der Waals surface area contributed by atoms with E-state index < -0.39 is 23.9 Å². The van der Waals surface area contributed by atoms with Crippen molar-refractivity contribution < 1.29 is 38.1 Å². The van der Waals surface area contributed by atoms with Gasteiger partial charge in [0.2, 0.25) is 0 Å². The van der Waals surface area contributed by atoms with Crippen LogP contribution in [0.15, 0.2) is 61.7 Å². The van der Waals surface area contributed by atoms with Gasteiger partial charge >= 0.3 is 12.3 Å². The van der Waals surface area contributed by atoms with Gasteiger partial charge in [-0.2, -0.15) is 0 Å². The molecular formula is C22H16O8. The summed E-state index contributed by atoms with van der Waals surface area (Å²) in [5.41, 5.74) is -0.178. The molecule has 0 N–H and O–H groups in total. The number of benzene rings is 2. The lowest BCUT2D eigenvalue weighted by Crippen LogP contribution is -2.25. The highest BCUT2D eigenvalue weighted by atomic mass is 16.7. The van der Waals surface area contributed by atoms with Crippen molar-refractivity contribution >= 4 is 23.9 Å². The lowest BCUT2D eigenvalue weighted by molar-refractivity contribution is 0.0948. The fourth-order valence-corrected chi connectivity index (χ4v) is 2.83. The summed E-state index contributed by atoms with van der Waals surface area (Å²) in [6, 6.07) is 8.60. The Labute approximate surface area is 171 Å². The zero-order valence-corrected chi connectivity index (χ0v) is 15.7. The Morgan fingerprint density at radius 1 is 0.733 bits per heavy atom. The number of ether oxygens (including phenoxy) is 4. The van der Waals surface area contributed by atoms with E-state index in [0.29, 0.717) is 0 Å². The van der Waals surface area contributed by atoms with Gasteiger partial charge in [-0.05, 0) is 12.1 Å². The summed E-state index contributed by atoms with van der Waals surface area (Å²) in [4.78, 5) is 49.9. The predicted octanol–water partition coefficient (Wildman–Crippen LogP) is 3.86. The second kappa shape index (κ2) is 8.87. The monoisotopic (exact) mass is 408 g/mol. The summed E-state index contributed by atoms with van der Waals surface area (Å²) in [5, 5.41) is 0. The molecule has 2 aromatic carbocycles. The van der Waals surface area contributed by atoms with E-state index in [-0.39, 0.29) is 47.0 Å². The van der Waals surface area contributed by atoms with E-state index in [1.54, 1.807) is 12.1 Å². The lowest BCUT2D eigenvalue weighted by atomic mass is 9.83. The molecule has 30 heavy (non-hydrogen) atoms. The first kappa shape index (κ1) is 20.5. The van der Waals surface area contributed by atoms with E-state index in [0.717, 1.165) is 0 Å². The summed E-state index contributed by atoms with van der Waals surface area (Å²) >= 11 is 0. The first-order valence-electron chi connectivity index (χ1n) is 8.74. The molecule has 1 aliphatic carbocycles. The first-order valence-corrected chi connectivity index (χ1v) is 8.74. The van der Waals surface area contributed by atoms with Gasteiger partial charge in [0, 0.05) is 11.1 Å². The molecule has 0 bridgehead atoms. The molecule has 8 nitrogen and oxygen atoms in total. The molecule has 0 spiro atoms. The molecule has 0 radical (unpaired) electrons. The molecule has 0 saturated carbocycles. The molecule has 1 aliphatic rings. The van der Waals surface area contributed by atoms with Gasteiger partial charge in [0.1, 0.15) is 24.7 Å². The van der Waals surface area contributed by atoms with Gasteiger partial charge < -0.3 is 18.9 Å². The van der Waals surface area contributed by atoms with Crippen LogP contribution in [0.3, 0.4) is 0 Å². The standard InChI is InChI=1S/C22H16O8/c1-3-11-27-21(25)29-15-9-10-16(30-22(26)28-12-4-2)18-17(15)19(23)13-7-5-6-8-14(13)20(18)24/h3-10H,1-2,11-12H2. The van der Waals surface area contributed by atoms with Crippen molar-refractivity contribution in [2.75, 3.05) is 13.2 Å². The van der Waals surface area contributed by atoms with E-state index in [1.165, 1.54) is 36.4 Å². The van der Waals surface area contributed by atoms with E-state index in [2.05, 4.69) is 13.2 Å². The molecule has 0 unspecified atom stereocenters. The Hall–Kier alpha value is -4.20. The third kappa shape index (κ3) is 3.97. The molecule has 0 amide bonds. The second-order valence-electron chi connectivity index (χ2n) is 5.92. The fourth-order valence-electron chi connectivity index (χ4n) is 2.83. The molecule has 152 valence electrons. The Balaban J connectivity index is 2.08. The number of hydrogen-bond acceptors (Lipinski definition) is 8. The molecule has 2 aromatic rings. The maximum absolute atomic E-state index is 13.1. The number of carbonyl (C=O) groups is 4. The minimum Gasteiger partial charge on any atom is -0.430 e. The Bertz CT molecular complexity index is 983. The van der Waals surface area contributed by atoms with Crippen molar-refractivity contribution in [2.24, 2.45) is 0 Å². The smallest absolute Gasteiger partial charge is 0.430 e. The van der Waals surface area contributed by atoms with Gasteiger partial charge in [-0.25, -0.2) is 9.59 Å². The molecule has 8 heteroatoms. The fraction of sp³-hybridized carbons (Fsp3) is 0.0909. The quantitative estimate of drug-likeness (QED) is 0.344. The zero-order valence-electron chi connectivity index (χ0n) is 15.7. The third-order valence-electron chi connectivity index (χ3n) is 4.02. The van der Waals surface area contributed by atoms with Crippen molar-refractivity contribution in [3.63, 3.8) is 0 Å². The highest BCUT2D eigenvalue weighted by molar-refractivity contribution is 6.30. The van der Waals surface area contributed by atoms with Crippen molar-refractivity contribution in [1.29, 1.82) is 0 Å². The maximum atomic E-state index is 13.1. The summed E-state index contributed by atoms with van der Waals surface area (Å²) in [6.45, 7) is 6.63. The van der Waals surface area contributed by atoms with E-state index >= 15 is 0 Å². The van der Waals surface area contributed by atoms with Gasteiger partial charge in [0.05, 0.1) is 11.1 Å². The Morgan fingerprint density at radius 3 is 1.50 bits per heavy atom. The minimum absolute atomic E-state index is 0.104. The number of ketones is 2. The van der Waals surface area contributed by atoms with Crippen molar-refractivity contribution in [3.8, 4) is 11.5 Å². The van der Waals surface area contributed by atoms with Gasteiger partial charge in [-0.15, -0.1) is 0 Å². The number of hydrogen-bond donors (Lipinski definition) is 0. The maximum Gasteiger partial charge on any atom is 0.514 e. The summed E-state index contributed by atoms with van der Waals surface area (Å²) in [6.07, 6.45) is 0.506. The van der Waals surface area contributed by atoms with Crippen LogP contribution in [0, 0.1) is 0 Å². The Kier molecular flexibility index (Phi) is 6.07. The first-order chi connectivity index (χ1) is 14.5. The van der Waals surface area contributed by atoms with Crippen LogP contribution in [0.25, 0.3) is 0 Å². The van der Waals surface area contributed by atoms with Crippen molar-refractivity contribution in [1.82, 2.24) is 0 Å². The van der Waals surface area contributed by atoms with Crippen LogP contribution in [-0.4, -0.2) is 37.1 Å². The van der Waals surface area contributed by atoms with Crippen molar-refractivity contribution in [2.45, 2.75) is 0 Å². The van der Waals surface area contributed by atoms with Crippen LogP contribution in [-0.2, 0) is 9.47 Å². The number of rotatable bonds is 6. The lowest BCUT2D eigenvalue weighted by Gasteiger charge is -2.21. The average Bonchev–Trinajstić information content (AvgIpc) is 2.75. The van der Waals surface area contributed by atoms with E-state index in [9.17, 15) is 19.2 Å². The van der Waals surface area contributed by atoms with Crippen LogP contribution < -0.4 is 9.47 Å². The second-order valence-corrected chi connectivity index (χ2v) is 5.92. The normalized spacial score (nSPS) is 11.6. The molecule has 0 saturated heterocycles. The van der Waals surface area contributed by atoms with E-state index in [4.69, 9.17) is 18.9 Å². The molecule has 3 rings (SSSR count).